The lowest BCUT2D eigenvalue weighted by molar-refractivity contribution is 0.418. The molecule has 2 aromatic heterocycles. The van der Waals surface area contributed by atoms with Crippen molar-refractivity contribution in [2.24, 2.45) is 7.05 Å². The Morgan fingerprint density at radius 3 is 2.53 bits per heavy atom. The fourth-order valence-electron chi connectivity index (χ4n) is 2.09. The molecule has 0 amide bonds. The maximum Gasteiger partial charge on any atom is 0.120 e. The Balaban J connectivity index is 2.21. The van der Waals surface area contributed by atoms with Crippen molar-refractivity contribution < 1.29 is 0 Å². The van der Waals surface area contributed by atoms with Crippen molar-refractivity contribution in [3.8, 4) is 11.3 Å². The van der Waals surface area contributed by atoms with Gasteiger partial charge in [0.05, 0.1) is 24.1 Å². The molecule has 0 aliphatic carbocycles. The molecular weight excluding hydrogens is 238 g/mol. The van der Waals surface area contributed by atoms with Gasteiger partial charge in [-0.25, -0.2) is 4.98 Å². The summed E-state index contributed by atoms with van der Waals surface area (Å²) in [6.45, 7) is 11.3. The van der Waals surface area contributed by atoms with Crippen LogP contribution in [-0.4, -0.2) is 25.3 Å². The topological polar surface area (TPSA) is 58.5 Å². The summed E-state index contributed by atoms with van der Waals surface area (Å²) in [6, 6.07) is 0. The molecule has 5 heteroatoms. The predicted molar refractivity (Wildman–Crippen MR) is 76.9 cm³/mol. The van der Waals surface area contributed by atoms with E-state index in [1.54, 1.807) is 0 Å². The van der Waals surface area contributed by atoms with Gasteiger partial charge in [0.2, 0.25) is 0 Å². The van der Waals surface area contributed by atoms with Crippen molar-refractivity contribution in [3.05, 3.63) is 23.4 Å². The summed E-state index contributed by atoms with van der Waals surface area (Å²) in [6.07, 6.45) is 1.89. The van der Waals surface area contributed by atoms with Gasteiger partial charge in [-0.1, -0.05) is 0 Å². The maximum absolute atomic E-state index is 4.43. The van der Waals surface area contributed by atoms with Crippen LogP contribution in [0.1, 0.15) is 38.0 Å². The van der Waals surface area contributed by atoms with Crippen molar-refractivity contribution in [1.29, 1.82) is 0 Å². The summed E-state index contributed by atoms with van der Waals surface area (Å²) < 4.78 is 1.90. The number of hydrogen-bond acceptors (Lipinski definition) is 3. The Bertz CT molecular complexity index is 571. The van der Waals surface area contributed by atoms with Gasteiger partial charge < -0.3 is 10.3 Å². The third-order valence-corrected chi connectivity index (χ3v) is 3.19. The molecule has 5 nitrogen and oxygen atoms in total. The van der Waals surface area contributed by atoms with Gasteiger partial charge in [-0.3, -0.25) is 4.68 Å². The molecule has 2 aromatic rings. The molecule has 0 bridgehead atoms. The Hall–Kier alpha value is -1.62. The number of nitrogens with one attached hydrogen (secondary N) is 2. The van der Waals surface area contributed by atoms with E-state index in [2.05, 4.69) is 48.1 Å². The third kappa shape index (κ3) is 3.04. The number of imidazole rings is 1. The lowest BCUT2D eigenvalue weighted by Gasteiger charge is -2.19. The zero-order valence-electron chi connectivity index (χ0n) is 12.6. The van der Waals surface area contributed by atoms with Gasteiger partial charge in [0.1, 0.15) is 5.82 Å². The van der Waals surface area contributed by atoms with E-state index < -0.39 is 0 Å². The lowest BCUT2D eigenvalue weighted by atomic mass is 10.1. The van der Waals surface area contributed by atoms with Crippen molar-refractivity contribution in [3.63, 3.8) is 0 Å². The van der Waals surface area contributed by atoms with Crippen LogP contribution in [0.25, 0.3) is 11.3 Å². The second kappa shape index (κ2) is 4.81. The highest BCUT2D eigenvalue weighted by molar-refractivity contribution is 5.64. The molecule has 0 spiro atoms. The molecule has 0 atom stereocenters. The number of aromatic nitrogens is 4. The fourth-order valence-corrected chi connectivity index (χ4v) is 2.09. The lowest BCUT2D eigenvalue weighted by Crippen LogP contribution is -2.35. The van der Waals surface area contributed by atoms with E-state index in [-0.39, 0.29) is 5.54 Å². The molecule has 0 aromatic carbocycles. The molecule has 2 N–H and O–H groups in total. The van der Waals surface area contributed by atoms with Gasteiger partial charge >= 0.3 is 0 Å². The summed E-state index contributed by atoms with van der Waals surface area (Å²) >= 11 is 0. The Morgan fingerprint density at radius 2 is 2.00 bits per heavy atom. The maximum atomic E-state index is 4.43. The zero-order chi connectivity index (χ0) is 14.2. The van der Waals surface area contributed by atoms with Gasteiger partial charge in [-0.05, 0) is 34.6 Å². The number of nitrogens with zero attached hydrogens (tertiary/aromatic N) is 3. The van der Waals surface area contributed by atoms with Crippen LogP contribution in [-0.2, 0) is 13.6 Å². The molecular formula is C14H23N5. The van der Waals surface area contributed by atoms with Crippen LogP contribution < -0.4 is 5.32 Å². The second-order valence-electron chi connectivity index (χ2n) is 6.02. The molecule has 2 heterocycles. The van der Waals surface area contributed by atoms with E-state index in [0.717, 1.165) is 35.0 Å². The molecule has 104 valence electrons. The SMILES string of the molecule is Cc1nn(C)c(C)c1-c1cnc(CNC(C)(C)C)[nH]1. The average molecular weight is 261 g/mol. The van der Waals surface area contributed by atoms with Crippen LogP contribution in [0.4, 0.5) is 0 Å². The Labute approximate surface area is 114 Å². The first kappa shape index (κ1) is 13.8. The Morgan fingerprint density at radius 1 is 1.32 bits per heavy atom. The van der Waals surface area contributed by atoms with E-state index >= 15 is 0 Å². The summed E-state index contributed by atoms with van der Waals surface area (Å²) in [5.74, 6) is 0.951. The van der Waals surface area contributed by atoms with Crippen LogP contribution in [0.2, 0.25) is 0 Å². The van der Waals surface area contributed by atoms with Crippen LogP contribution in [0.5, 0.6) is 0 Å². The van der Waals surface area contributed by atoms with Gasteiger partial charge in [0.15, 0.2) is 0 Å². The highest BCUT2D eigenvalue weighted by Gasteiger charge is 2.15. The molecule has 2 rings (SSSR count). The van der Waals surface area contributed by atoms with E-state index in [1.807, 2.05) is 24.9 Å². The molecule has 0 aliphatic heterocycles. The van der Waals surface area contributed by atoms with Crippen molar-refractivity contribution in [1.82, 2.24) is 25.1 Å². The molecule has 0 fully saturated rings. The first-order valence-electron chi connectivity index (χ1n) is 6.57. The molecule has 19 heavy (non-hydrogen) atoms. The fraction of sp³-hybridized carbons (Fsp3) is 0.571. The van der Waals surface area contributed by atoms with Crippen LogP contribution in [0.3, 0.4) is 0 Å². The van der Waals surface area contributed by atoms with Gasteiger partial charge in [0.25, 0.3) is 0 Å². The molecule has 0 saturated heterocycles. The van der Waals surface area contributed by atoms with Crippen molar-refractivity contribution in [2.75, 3.05) is 0 Å². The average Bonchev–Trinajstić information content (AvgIpc) is 2.82. The smallest absolute Gasteiger partial charge is 0.120 e. The number of rotatable bonds is 3. The van der Waals surface area contributed by atoms with Gasteiger partial charge in [0, 0.05) is 23.8 Å². The summed E-state index contributed by atoms with van der Waals surface area (Å²) in [4.78, 5) is 7.80. The second-order valence-corrected chi connectivity index (χ2v) is 6.02. The van der Waals surface area contributed by atoms with Crippen molar-refractivity contribution >= 4 is 0 Å². The van der Waals surface area contributed by atoms with Crippen molar-refractivity contribution in [2.45, 2.75) is 46.7 Å². The number of aromatic amines is 1. The predicted octanol–water partition coefficient (Wildman–Crippen LogP) is 2.32. The van der Waals surface area contributed by atoms with Crippen LogP contribution in [0, 0.1) is 13.8 Å². The first-order valence-corrected chi connectivity index (χ1v) is 6.57. The zero-order valence-corrected chi connectivity index (χ0v) is 12.6. The third-order valence-electron chi connectivity index (χ3n) is 3.19. The minimum absolute atomic E-state index is 0.0904. The minimum atomic E-state index is 0.0904. The van der Waals surface area contributed by atoms with E-state index in [0.29, 0.717) is 0 Å². The van der Waals surface area contributed by atoms with Crippen LogP contribution >= 0.6 is 0 Å². The molecule has 0 saturated carbocycles. The largest absolute Gasteiger partial charge is 0.341 e. The summed E-state index contributed by atoms with van der Waals surface area (Å²) in [5, 5.41) is 7.86. The molecule has 0 unspecified atom stereocenters. The monoisotopic (exact) mass is 261 g/mol. The van der Waals surface area contributed by atoms with Gasteiger partial charge in [-0.15, -0.1) is 0 Å². The Kier molecular flexibility index (Phi) is 3.49. The number of H-pyrrole nitrogens is 1. The number of aryl methyl sites for hydroxylation is 2. The highest BCUT2D eigenvalue weighted by Crippen LogP contribution is 2.24. The minimum Gasteiger partial charge on any atom is -0.341 e. The molecule has 0 aliphatic rings. The molecule has 0 radical (unpaired) electrons. The van der Waals surface area contributed by atoms with Crippen LogP contribution in [0.15, 0.2) is 6.20 Å². The summed E-state index contributed by atoms with van der Waals surface area (Å²) in [5.41, 5.74) is 4.45. The van der Waals surface area contributed by atoms with E-state index in [4.69, 9.17) is 0 Å². The first-order chi connectivity index (χ1) is 8.78. The van der Waals surface area contributed by atoms with Gasteiger partial charge in [-0.2, -0.15) is 5.10 Å². The highest BCUT2D eigenvalue weighted by atomic mass is 15.3. The number of hydrogen-bond donors (Lipinski definition) is 2. The van der Waals surface area contributed by atoms with E-state index in [9.17, 15) is 0 Å². The normalized spacial score (nSPS) is 12.1. The summed E-state index contributed by atoms with van der Waals surface area (Å²) in [7, 11) is 1.96. The quantitative estimate of drug-likeness (QED) is 0.891. The van der Waals surface area contributed by atoms with E-state index in [1.165, 1.54) is 0 Å². The standard InChI is InChI=1S/C14H23N5/c1-9-13(10(2)19(6)18-9)11-7-15-12(17-11)8-16-14(3,4)5/h7,16H,8H2,1-6H3,(H,15,17).